The maximum atomic E-state index is 12.9. The van der Waals surface area contributed by atoms with E-state index in [2.05, 4.69) is 6.58 Å². The van der Waals surface area contributed by atoms with Crippen LogP contribution < -0.4 is 0 Å². The van der Waals surface area contributed by atoms with Crippen LogP contribution in [0.2, 0.25) is 0 Å². The molecule has 0 saturated heterocycles. The van der Waals surface area contributed by atoms with Gasteiger partial charge in [-0.1, -0.05) is 36.4 Å². The van der Waals surface area contributed by atoms with Gasteiger partial charge in [-0.25, -0.2) is 8.42 Å². The minimum Gasteiger partial charge on any atom is -0.339 e. The van der Waals surface area contributed by atoms with Gasteiger partial charge >= 0.3 is 0 Å². The molecule has 0 unspecified atom stereocenters. The summed E-state index contributed by atoms with van der Waals surface area (Å²) in [5.41, 5.74) is 1.41. The standard InChI is InChI=1S/C21H26N2O3S/c1-4-16-23(27(25,26)20-10-8-7-9-11-20)17-18-12-14-19(15-13-18)21(24)22(5-2)6-3/h4,7-15H,1,5-6,16-17H2,2-3H3. The lowest BCUT2D eigenvalue weighted by atomic mass is 10.1. The molecule has 2 aromatic rings. The minimum atomic E-state index is -3.62. The molecule has 0 fully saturated rings. The van der Waals surface area contributed by atoms with E-state index in [1.165, 1.54) is 4.31 Å². The number of benzene rings is 2. The molecule has 0 aliphatic heterocycles. The predicted molar refractivity (Wildman–Crippen MR) is 108 cm³/mol. The lowest BCUT2D eigenvalue weighted by molar-refractivity contribution is 0.0773. The molecule has 0 radical (unpaired) electrons. The largest absolute Gasteiger partial charge is 0.339 e. The Morgan fingerprint density at radius 2 is 1.59 bits per heavy atom. The zero-order chi connectivity index (χ0) is 19.9. The molecule has 0 spiro atoms. The molecule has 0 aliphatic rings. The molecule has 2 rings (SSSR count). The Morgan fingerprint density at radius 1 is 1.00 bits per heavy atom. The molecule has 5 nitrogen and oxygen atoms in total. The first-order chi connectivity index (χ1) is 12.9. The van der Waals surface area contributed by atoms with Gasteiger partial charge in [-0.05, 0) is 43.7 Å². The summed E-state index contributed by atoms with van der Waals surface area (Å²) >= 11 is 0. The summed E-state index contributed by atoms with van der Waals surface area (Å²) in [7, 11) is -3.62. The third-order valence-corrected chi connectivity index (χ3v) is 6.15. The number of amides is 1. The fourth-order valence-electron chi connectivity index (χ4n) is 2.78. The van der Waals surface area contributed by atoms with E-state index in [-0.39, 0.29) is 23.9 Å². The van der Waals surface area contributed by atoms with Crippen molar-refractivity contribution in [3.63, 3.8) is 0 Å². The van der Waals surface area contributed by atoms with Crippen molar-refractivity contribution in [2.24, 2.45) is 0 Å². The van der Waals surface area contributed by atoms with E-state index in [0.717, 1.165) is 5.56 Å². The molecule has 0 atom stereocenters. The maximum Gasteiger partial charge on any atom is 0.253 e. The van der Waals surface area contributed by atoms with Crippen LogP contribution in [0.3, 0.4) is 0 Å². The van der Waals surface area contributed by atoms with E-state index in [0.29, 0.717) is 18.7 Å². The first-order valence-electron chi connectivity index (χ1n) is 8.98. The minimum absolute atomic E-state index is 0.0218. The predicted octanol–water partition coefficient (Wildman–Crippen LogP) is 3.55. The van der Waals surface area contributed by atoms with Gasteiger partial charge in [-0.3, -0.25) is 4.79 Å². The Kier molecular flexibility index (Phi) is 7.33. The fraction of sp³-hybridized carbons (Fsp3) is 0.286. The molecule has 1 amide bonds. The van der Waals surface area contributed by atoms with Crippen LogP contribution in [0.25, 0.3) is 0 Å². The van der Waals surface area contributed by atoms with Gasteiger partial charge in [0.1, 0.15) is 0 Å². The van der Waals surface area contributed by atoms with Gasteiger partial charge in [0, 0.05) is 31.7 Å². The van der Waals surface area contributed by atoms with E-state index in [1.807, 2.05) is 13.8 Å². The number of nitrogens with zero attached hydrogens (tertiary/aromatic N) is 2. The lowest BCUT2D eigenvalue weighted by Gasteiger charge is -2.21. The van der Waals surface area contributed by atoms with E-state index in [9.17, 15) is 13.2 Å². The highest BCUT2D eigenvalue weighted by atomic mass is 32.2. The Balaban J connectivity index is 2.22. The molecular weight excluding hydrogens is 360 g/mol. The Labute approximate surface area is 162 Å². The summed E-state index contributed by atoms with van der Waals surface area (Å²) in [5, 5.41) is 0. The monoisotopic (exact) mass is 386 g/mol. The summed E-state index contributed by atoms with van der Waals surface area (Å²) in [4.78, 5) is 14.4. The summed E-state index contributed by atoms with van der Waals surface area (Å²) in [6.45, 7) is 9.27. The van der Waals surface area contributed by atoms with Crippen LogP contribution in [0.15, 0.2) is 72.1 Å². The van der Waals surface area contributed by atoms with Crippen molar-refractivity contribution in [2.75, 3.05) is 19.6 Å². The lowest BCUT2D eigenvalue weighted by Crippen LogP contribution is -2.31. The summed E-state index contributed by atoms with van der Waals surface area (Å²) in [6, 6.07) is 15.4. The van der Waals surface area contributed by atoms with Gasteiger partial charge in [0.05, 0.1) is 4.90 Å². The SMILES string of the molecule is C=CCN(Cc1ccc(C(=O)N(CC)CC)cc1)S(=O)(=O)c1ccccc1. The van der Waals surface area contributed by atoms with Crippen LogP contribution in [0, 0.1) is 0 Å². The van der Waals surface area contributed by atoms with E-state index < -0.39 is 10.0 Å². The smallest absolute Gasteiger partial charge is 0.253 e. The summed E-state index contributed by atoms with van der Waals surface area (Å²) < 4.78 is 27.1. The molecule has 144 valence electrons. The van der Waals surface area contributed by atoms with E-state index in [4.69, 9.17) is 0 Å². The van der Waals surface area contributed by atoms with Crippen molar-refractivity contribution in [3.05, 3.63) is 78.4 Å². The van der Waals surface area contributed by atoms with Gasteiger partial charge in [-0.15, -0.1) is 6.58 Å². The summed E-state index contributed by atoms with van der Waals surface area (Å²) in [6.07, 6.45) is 1.57. The Bertz CT molecular complexity index is 858. The molecule has 0 aromatic heterocycles. The highest BCUT2D eigenvalue weighted by molar-refractivity contribution is 7.89. The van der Waals surface area contributed by atoms with Crippen molar-refractivity contribution in [1.82, 2.24) is 9.21 Å². The topological polar surface area (TPSA) is 57.7 Å². The second kappa shape index (κ2) is 9.48. The van der Waals surface area contributed by atoms with E-state index >= 15 is 0 Å². The van der Waals surface area contributed by atoms with Crippen LogP contribution in [0.4, 0.5) is 0 Å². The quantitative estimate of drug-likeness (QED) is 0.619. The summed E-state index contributed by atoms with van der Waals surface area (Å²) in [5.74, 6) is -0.0218. The van der Waals surface area contributed by atoms with Crippen molar-refractivity contribution >= 4 is 15.9 Å². The number of carbonyl (C=O) groups excluding carboxylic acids is 1. The average Bonchev–Trinajstić information content (AvgIpc) is 2.69. The second-order valence-electron chi connectivity index (χ2n) is 6.07. The molecule has 0 heterocycles. The number of sulfonamides is 1. The molecule has 2 aromatic carbocycles. The molecule has 0 saturated carbocycles. The zero-order valence-electron chi connectivity index (χ0n) is 15.8. The van der Waals surface area contributed by atoms with Crippen LogP contribution in [-0.4, -0.2) is 43.2 Å². The fourth-order valence-corrected chi connectivity index (χ4v) is 4.20. The molecular formula is C21H26N2O3S. The second-order valence-corrected chi connectivity index (χ2v) is 8.01. The Hall–Kier alpha value is -2.44. The molecule has 6 heteroatoms. The molecule has 0 bridgehead atoms. The molecule has 0 N–H and O–H groups in total. The van der Waals surface area contributed by atoms with Crippen LogP contribution in [0.1, 0.15) is 29.8 Å². The van der Waals surface area contributed by atoms with Crippen LogP contribution in [-0.2, 0) is 16.6 Å². The van der Waals surface area contributed by atoms with Crippen molar-refractivity contribution < 1.29 is 13.2 Å². The van der Waals surface area contributed by atoms with Crippen LogP contribution in [0.5, 0.6) is 0 Å². The number of hydrogen-bond acceptors (Lipinski definition) is 3. The zero-order valence-corrected chi connectivity index (χ0v) is 16.7. The highest BCUT2D eigenvalue weighted by Crippen LogP contribution is 2.19. The Morgan fingerprint density at radius 3 is 2.11 bits per heavy atom. The van der Waals surface area contributed by atoms with Gasteiger partial charge in [0.2, 0.25) is 10.0 Å². The average molecular weight is 387 g/mol. The van der Waals surface area contributed by atoms with E-state index in [1.54, 1.807) is 65.6 Å². The van der Waals surface area contributed by atoms with Gasteiger partial charge < -0.3 is 4.90 Å². The highest BCUT2D eigenvalue weighted by Gasteiger charge is 2.23. The third kappa shape index (κ3) is 5.05. The van der Waals surface area contributed by atoms with Crippen molar-refractivity contribution in [1.29, 1.82) is 0 Å². The van der Waals surface area contributed by atoms with Gasteiger partial charge in [0.25, 0.3) is 5.91 Å². The normalized spacial score (nSPS) is 11.4. The molecule has 27 heavy (non-hydrogen) atoms. The van der Waals surface area contributed by atoms with Crippen molar-refractivity contribution in [2.45, 2.75) is 25.3 Å². The maximum absolute atomic E-state index is 12.9. The number of carbonyl (C=O) groups is 1. The molecule has 0 aliphatic carbocycles. The van der Waals surface area contributed by atoms with Gasteiger partial charge in [-0.2, -0.15) is 4.31 Å². The van der Waals surface area contributed by atoms with Gasteiger partial charge in [0.15, 0.2) is 0 Å². The first kappa shape index (κ1) is 20.9. The first-order valence-corrected chi connectivity index (χ1v) is 10.4. The van der Waals surface area contributed by atoms with Crippen molar-refractivity contribution in [3.8, 4) is 0 Å². The number of rotatable bonds is 9. The number of hydrogen-bond donors (Lipinski definition) is 0. The third-order valence-electron chi connectivity index (χ3n) is 4.32. The van der Waals surface area contributed by atoms with Crippen LogP contribution >= 0.6 is 0 Å².